The molecule has 0 bridgehead atoms. The summed E-state index contributed by atoms with van der Waals surface area (Å²) in [6, 6.07) is 39.5. The van der Waals surface area contributed by atoms with Gasteiger partial charge in [-0.3, -0.25) is 0 Å². The lowest BCUT2D eigenvalue weighted by atomic mass is 10.0. The standard InChI is InChI=1S/C30H18BrNS/c31-21-8-5-7-19(17-21)20-15-16-26-24(18-20)22-9-1-3-11-25(22)32(26)27-12-6-14-29-30(27)23-10-2-4-13-28(23)33-29/h1-18H. The van der Waals surface area contributed by atoms with Gasteiger partial charge in [0.05, 0.1) is 16.7 Å². The van der Waals surface area contributed by atoms with Crippen molar-refractivity contribution in [2.75, 3.05) is 0 Å². The van der Waals surface area contributed by atoms with Crippen LogP contribution in [-0.2, 0) is 0 Å². The first kappa shape index (κ1) is 19.1. The molecular formula is C30H18BrNS. The molecule has 3 heteroatoms. The Labute approximate surface area is 203 Å². The van der Waals surface area contributed by atoms with E-state index in [0.717, 1.165) is 4.47 Å². The molecule has 7 aromatic rings. The molecule has 0 aliphatic rings. The number of rotatable bonds is 2. The number of thiophene rings is 1. The molecule has 33 heavy (non-hydrogen) atoms. The highest BCUT2D eigenvalue weighted by Gasteiger charge is 2.17. The first-order valence-electron chi connectivity index (χ1n) is 11.0. The van der Waals surface area contributed by atoms with Crippen molar-refractivity contribution in [3.8, 4) is 16.8 Å². The van der Waals surface area contributed by atoms with Gasteiger partial charge in [0, 0.05) is 35.4 Å². The van der Waals surface area contributed by atoms with Crippen LogP contribution in [0, 0.1) is 0 Å². The molecule has 7 rings (SSSR count). The molecule has 0 saturated carbocycles. The molecule has 0 saturated heterocycles. The molecule has 2 aromatic heterocycles. The Balaban J connectivity index is 1.59. The van der Waals surface area contributed by atoms with E-state index in [2.05, 4.69) is 130 Å². The molecule has 2 heterocycles. The smallest absolute Gasteiger partial charge is 0.0555 e. The minimum Gasteiger partial charge on any atom is -0.309 e. The number of aromatic nitrogens is 1. The molecule has 0 amide bonds. The maximum Gasteiger partial charge on any atom is 0.0555 e. The number of hydrogen-bond acceptors (Lipinski definition) is 1. The van der Waals surface area contributed by atoms with Gasteiger partial charge < -0.3 is 4.57 Å². The van der Waals surface area contributed by atoms with E-state index in [1.165, 1.54) is 58.8 Å². The summed E-state index contributed by atoms with van der Waals surface area (Å²) >= 11 is 5.49. The second kappa shape index (κ2) is 7.31. The minimum absolute atomic E-state index is 1.10. The Morgan fingerprint density at radius 2 is 1.27 bits per heavy atom. The topological polar surface area (TPSA) is 4.93 Å². The summed E-state index contributed by atoms with van der Waals surface area (Å²) in [4.78, 5) is 0. The fourth-order valence-electron chi connectivity index (χ4n) is 5.02. The van der Waals surface area contributed by atoms with Crippen molar-refractivity contribution in [2.45, 2.75) is 0 Å². The van der Waals surface area contributed by atoms with E-state index in [9.17, 15) is 0 Å². The van der Waals surface area contributed by atoms with Gasteiger partial charge in [0.25, 0.3) is 0 Å². The predicted molar refractivity (Wildman–Crippen MR) is 147 cm³/mol. The van der Waals surface area contributed by atoms with Crippen molar-refractivity contribution in [3.05, 3.63) is 114 Å². The van der Waals surface area contributed by atoms with Crippen molar-refractivity contribution in [1.82, 2.24) is 4.57 Å². The van der Waals surface area contributed by atoms with Crippen molar-refractivity contribution < 1.29 is 0 Å². The van der Waals surface area contributed by atoms with Gasteiger partial charge in [-0.1, -0.05) is 76.6 Å². The number of halogens is 1. The third-order valence-corrected chi connectivity index (χ3v) is 8.08. The Morgan fingerprint density at radius 1 is 0.545 bits per heavy atom. The number of nitrogens with zero attached hydrogens (tertiary/aromatic N) is 1. The first-order valence-corrected chi connectivity index (χ1v) is 12.6. The molecule has 156 valence electrons. The molecule has 0 atom stereocenters. The van der Waals surface area contributed by atoms with Crippen LogP contribution in [0.3, 0.4) is 0 Å². The Bertz CT molecular complexity index is 1840. The summed E-state index contributed by atoms with van der Waals surface area (Å²) in [6.45, 7) is 0. The largest absolute Gasteiger partial charge is 0.309 e. The number of fused-ring (bicyclic) bond motifs is 6. The van der Waals surface area contributed by atoms with E-state index in [-0.39, 0.29) is 0 Å². The maximum absolute atomic E-state index is 3.62. The van der Waals surface area contributed by atoms with Crippen LogP contribution in [-0.4, -0.2) is 4.57 Å². The Morgan fingerprint density at radius 3 is 2.18 bits per heavy atom. The second-order valence-electron chi connectivity index (χ2n) is 8.34. The van der Waals surface area contributed by atoms with Crippen LogP contribution in [0.15, 0.2) is 114 Å². The van der Waals surface area contributed by atoms with E-state index in [1.807, 2.05) is 11.3 Å². The summed E-state index contributed by atoms with van der Waals surface area (Å²) in [5.74, 6) is 0. The fourth-order valence-corrected chi connectivity index (χ4v) is 6.55. The highest BCUT2D eigenvalue weighted by molar-refractivity contribution is 9.10. The molecule has 0 aliphatic carbocycles. The van der Waals surface area contributed by atoms with Crippen LogP contribution < -0.4 is 0 Å². The van der Waals surface area contributed by atoms with Crippen molar-refractivity contribution in [2.24, 2.45) is 0 Å². The van der Waals surface area contributed by atoms with Gasteiger partial charge in [-0.2, -0.15) is 0 Å². The SMILES string of the molecule is Brc1cccc(-c2ccc3c(c2)c2ccccc2n3-c2cccc3sc4ccccc4c23)c1. The zero-order chi connectivity index (χ0) is 21.9. The predicted octanol–water partition coefficient (Wildman–Crippen LogP) is 9.58. The molecular weight excluding hydrogens is 486 g/mol. The normalized spacial score (nSPS) is 11.8. The average molecular weight is 504 g/mol. The van der Waals surface area contributed by atoms with E-state index in [4.69, 9.17) is 0 Å². The Hall–Kier alpha value is -3.40. The van der Waals surface area contributed by atoms with Crippen LogP contribution in [0.2, 0.25) is 0 Å². The van der Waals surface area contributed by atoms with Crippen LogP contribution in [0.4, 0.5) is 0 Å². The first-order chi connectivity index (χ1) is 16.3. The third-order valence-electron chi connectivity index (χ3n) is 6.45. The lowest BCUT2D eigenvalue weighted by Gasteiger charge is -2.10. The van der Waals surface area contributed by atoms with Gasteiger partial charge in [-0.15, -0.1) is 11.3 Å². The highest BCUT2D eigenvalue weighted by atomic mass is 79.9. The van der Waals surface area contributed by atoms with Gasteiger partial charge >= 0.3 is 0 Å². The fraction of sp³-hybridized carbons (Fsp3) is 0. The number of para-hydroxylation sites is 1. The zero-order valence-corrected chi connectivity index (χ0v) is 20.0. The van der Waals surface area contributed by atoms with E-state index >= 15 is 0 Å². The summed E-state index contributed by atoms with van der Waals surface area (Å²) in [5.41, 5.74) is 6.16. The van der Waals surface area contributed by atoms with E-state index in [0.29, 0.717) is 0 Å². The summed E-state index contributed by atoms with van der Waals surface area (Å²) in [5, 5.41) is 5.21. The summed E-state index contributed by atoms with van der Waals surface area (Å²) in [7, 11) is 0. The number of benzene rings is 5. The molecule has 0 spiro atoms. The van der Waals surface area contributed by atoms with Gasteiger partial charge in [0.1, 0.15) is 0 Å². The lowest BCUT2D eigenvalue weighted by Crippen LogP contribution is -1.94. The van der Waals surface area contributed by atoms with Crippen LogP contribution in [0.25, 0.3) is 58.8 Å². The lowest BCUT2D eigenvalue weighted by molar-refractivity contribution is 1.20. The van der Waals surface area contributed by atoms with Crippen molar-refractivity contribution >= 4 is 69.2 Å². The molecule has 0 fully saturated rings. The Kier molecular flexibility index (Phi) is 4.23. The summed E-state index contributed by atoms with van der Waals surface area (Å²) < 4.78 is 6.19. The minimum atomic E-state index is 1.10. The van der Waals surface area contributed by atoms with E-state index in [1.54, 1.807) is 0 Å². The quantitative estimate of drug-likeness (QED) is 0.221. The van der Waals surface area contributed by atoms with Gasteiger partial charge in [-0.05, 0) is 59.7 Å². The molecule has 1 nitrogen and oxygen atoms in total. The average Bonchev–Trinajstić information content (AvgIpc) is 3.39. The maximum atomic E-state index is 3.62. The molecule has 0 unspecified atom stereocenters. The van der Waals surface area contributed by atoms with Crippen molar-refractivity contribution in [1.29, 1.82) is 0 Å². The molecule has 0 aliphatic heterocycles. The van der Waals surface area contributed by atoms with E-state index < -0.39 is 0 Å². The van der Waals surface area contributed by atoms with Crippen molar-refractivity contribution in [3.63, 3.8) is 0 Å². The summed E-state index contributed by atoms with van der Waals surface area (Å²) in [6.07, 6.45) is 0. The zero-order valence-electron chi connectivity index (χ0n) is 17.6. The van der Waals surface area contributed by atoms with Gasteiger partial charge in [0.2, 0.25) is 0 Å². The van der Waals surface area contributed by atoms with Gasteiger partial charge in [-0.25, -0.2) is 0 Å². The second-order valence-corrected chi connectivity index (χ2v) is 10.3. The van der Waals surface area contributed by atoms with Crippen LogP contribution >= 0.6 is 27.3 Å². The molecule has 0 radical (unpaired) electrons. The molecule has 5 aromatic carbocycles. The molecule has 0 N–H and O–H groups in total. The number of hydrogen-bond donors (Lipinski definition) is 0. The third kappa shape index (κ3) is 2.90. The monoisotopic (exact) mass is 503 g/mol. The van der Waals surface area contributed by atoms with Gasteiger partial charge in [0.15, 0.2) is 0 Å². The highest BCUT2D eigenvalue weighted by Crippen LogP contribution is 2.41. The van der Waals surface area contributed by atoms with Crippen LogP contribution in [0.5, 0.6) is 0 Å². The van der Waals surface area contributed by atoms with Crippen LogP contribution in [0.1, 0.15) is 0 Å².